The molecule has 0 spiro atoms. The number of urea groups is 1. The Morgan fingerprint density at radius 1 is 1.21 bits per heavy atom. The van der Waals surface area contributed by atoms with Gasteiger partial charge in [-0.05, 0) is 57.7 Å². The van der Waals surface area contributed by atoms with Crippen LogP contribution in [0.2, 0.25) is 0 Å². The smallest absolute Gasteiger partial charge is 0.317 e. The predicted molar refractivity (Wildman–Crippen MR) is 93.6 cm³/mol. The van der Waals surface area contributed by atoms with Gasteiger partial charge in [-0.1, -0.05) is 0 Å². The van der Waals surface area contributed by atoms with Crippen LogP contribution in [0.4, 0.5) is 4.79 Å². The van der Waals surface area contributed by atoms with E-state index in [1.165, 1.54) is 0 Å². The molecule has 0 radical (unpaired) electrons. The lowest BCUT2D eigenvalue weighted by Gasteiger charge is -2.34. The van der Waals surface area contributed by atoms with Crippen molar-refractivity contribution in [2.24, 2.45) is 0 Å². The predicted octanol–water partition coefficient (Wildman–Crippen LogP) is 2.10. The van der Waals surface area contributed by atoms with E-state index in [1.807, 2.05) is 37.8 Å². The van der Waals surface area contributed by atoms with Crippen molar-refractivity contribution in [3.05, 3.63) is 30.1 Å². The van der Waals surface area contributed by atoms with Crippen molar-refractivity contribution in [2.45, 2.75) is 58.0 Å². The Hall–Kier alpha value is -2.11. The highest BCUT2D eigenvalue weighted by molar-refractivity contribution is 5.77. The number of nitrogens with one attached hydrogen (secondary N) is 2. The Morgan fingerprint density at radius 2 is 1.83 bits per heavy atom. The van der Waals surface area contributed by atoms with E-state index in [1.54, 1.807) is 12.4 Å². The quantitative estimate of drug-likeness (QED) is 0.887. The third-order valence-electron chi connectivity index (χ3n) is 4.02. The van der Waals surface area contributed by atoms with E-state index in [0.717, 1.165) is 24.8 Å². The van der Waals surface area contributed by atoms with Gasteiger partial charge in [0.1, 0.15) is 0 Å². The first-order chi connectivity index (χ1) is 11.3. The third kappa shape index (κ3) is 6.18. The molecule has 132 valence electrons. The summed E-state index contributed by atoms with van der Waals surface area (Å²) in [4.78, 5) is 30.0. The van der Waals surface area contributed by atoms with Crippen LogP contribution in [-0.2, 0) is 11.2 Å². The molecule has 1 aliphatic heterocycles. The Bertz CT molecular complexity index is 546. The second-order valence-corrected chi connectivity index (χ2v) is 7.36. The van der Waals surface area contributed by atoms with Crippen LogP contribution in [0.3, 0.4) is 0 Å². The number of piperidine rings is 1. The Labute approximate surface area is 144 Å². The summed E-state index contributed by atoms with van der Waals surface area (Å²) in [5.41, 5.74) is 0.892. The number of amides is 3. The summed E-state index contributed by atoms with van der Waals surface area (Å²) in [6.07, 6.45) is 6.30. The van der Waals surface area contributed by atoms with Crippen LogP contribution in [0, 0.1) is 0 Å². The highest BCUT2D eigenvalue weighted by Crippen LogP contribution is 2.12. The summed E-state index contributed by atoms with van der Waals surface area (Å²) in [6, 6.07) is 4.00. The largest absolute Gasteiger partial charge is 0.353 e. The molecule has 0 bridgehead atoms. The average Bonchev–Trinajstić information content (AvgIpc) is 2.53. The molecule has 0 saturated carbocycles. The molecule has 0 aromatic carbocycles. The molecule has 0 aliphatic carbocycles. The van der Waals surface area contributed by atoms with E-state index in [2.05, 4.69) is 15.6 Å². The standard InChI is InChI=1S/C18H28N4O2/c1-18(2,3)21-17(24)22-12-8-15(9-13-22)20-16(23)5-4-14-6-10-19-11-7-14/h6-7,10-11,15H,4-5,8-9,12-13H2,1-3H3,(H,20,23)(H,21,24). The number of carbonyl (C=O) groups is 2. The first-order valence-corrected chi connectivity index (χ1v) is 8.59. The zero-order valence-corrected chi connectivity index (χ0v) is 14.8. The minimum atomic E-state index is -0.227. The number of hydrogen-bond acceptors (Lipinski definition) is 3. The maximum Gasteiger partial charge on any atom is 0.317 e. The summed E-state index contributed by atoms with van der Waals surface area (Å²) in [5, 5.41) is 6.06. The van der Waals surface area contributed by atoms with Crippen LogP contribution >= 0.6 is 0 Å². The molecule has 2 rings (SSSR count). The number of aromatic nitrogens is 1. The highest BCUT2D eigenvalue weighted by Gasteiger charge is 2.25. The molecule has 6 nitrogen and oxygen atoms in total. The molecule has 1 aromatic rings. The number of nitrogens with zero attached hydrogens (tertiary/aromatic N) is 2. The number of rotatable bonds is 4. The fourth-order valence-electron chi connectivity index (χ4n) is 2.73. The summed E-state index contributed by atoms with van der Waals surface area (Å²) < 4.78 is 0. The lowest BCUT2D eigenvalue weighted by Crippen LogP contribution is -2.53. The van der Waals surface area contributed by atoms with Gasteiger partial charge in [0.15, 0.2) is 0 Å². The minimum Gasteiger partial charge on any atom is -0.353 e. The second kappa shape index (κ2) is 8.13. The van der Waals surface area contributed by atoms with Crippen molar-refractivity contribution in [3.63, 3.8) is 0 Å². The molecular weight excluding hydrogens is 304 g/mol. The van der Waals surface area contributed by atoms with Gasteiger partial charge in [0.05, 0.1) is 0 Å². The van der Waals surface area contributed by atoms with Crippen LogP contribution in [0.15, 0.2) is 24.5 Å². The van der Waals surface area contributed by atoms with Crippen LogP contribution < -0.4 is 10.6 Å². The Balaban J connectivity index is 1.69. The van der Waals surface area contributed by atoms with Gasteiger partial charge in [-0.15, -0.1) is 0 Å². The van der Waals surface area contributed by atoms with Gasteiger partial charge in [0.2, 0.25) is 5.91 Å². The molecule has 6 heteroatoms. The molecule has 2 N–H and O–H groups in total. The molecule has 1 saturated heterocycles. The van der Waals surface area contributed by atoms with Gasteiger partial charge in [-0.2, -0.15) is 0 Å². The minimum absolute atomic E-state index is 0.0232. The maximum absolute atomic E-state index is 12.1. The molecule has 3 amide bonds. The molecule has 0 unspecified atom stereocenters. The van der Waals surface area contributed by atoms with Gasteiger partial charge in [0.25, 0.3) is 0 Å². The van der Waals surface area contributed by atoms with Crippen molar-refractivity contribution in [1.29, 1.82) is 0 Å². The topological polar surface area (TPSA) is 74.3 Å². The van der Waals surface area contributed by atoms with Crippen molar-refractivity contribution in [2.75, 3.05) is 13.1 Å². The number of aryl methyl sites for hydroxylation is 1. The molecule has 1 aromatic heterocycles. The van der Waals surface area contributed by atoms with Crippen molar-refractivity contribution in [1.82, 2.24) is 20.5 Å². The Kier molecular flexibility index (Phi) is 6.17. The zero-order valence-electron chi connectivity index (χ0n) is 14.8. The molecule has 1 aliphatic rings. The summed E-state index contributed by atoms with van der Waals surface area (Å²) in [6.45, 7) is 7.27. The zero-order chi connectivity index (χ0) is 17.6. The summed E-state index contributed by atoms with van der Waals surface area (Å²) in [7, 11) is 0. The summed E-state index contributed by atoms with van der Waals surface area (Å²) in [5.74, 6) is 0.0735. The van der Waals surface area contributed by atoms with Crippen LogP contribution in [-0.4, -0.2) is 46.5 Å². The average molecular weight is 332 g/mol. The first kappa shape index (κ1) is 18.2. The van der Waals surface area contributed by atoms with Crippen LogP contribution in [0.5, 0.6) is 0 Å². The highest BCUT2D eigenvalue weighted by atomic mass is 16.2. The SMILES string of the molecule is CC(C)(C)NC(=O)N1CCC(NC(=O)CCc2ccncc2)CC1. The van der Waals surface area contributed by atoms with Crippen molar-refractivity contribution >= 4 is 11.9 Å². The molecule has 1 fully saturated rings. The van der Waals surface area contributed by atoms with Crippen molar-refractivity contribution < 1.29 is 9.59 Å². The van der Waals surface area contributed by atoms with E-state index in [0.29, 0.717) is 19.5 Å². The van der Waals surface area contributed by atoms with E-state index in [4.69, 9.17) is 0 Å². The fraction of sp³-hybridized carbons (Fsp3) is 0.611. The maximum atomic E-state index is 12.1. The van der Waals surface area contributed by atoms with Gasteiger partial charge in [0, 0.05) is 43.5 Å². The molecule has 24 heavy (non-hydrogen) atoms. The van der Waals surface area contributed by atoms with E-state index >= 15 is 0 Å². The van der Waals surface area contributed by atoms with E-state index < -0.39 is 0 Å². The van der Waals surface area contributed by atoms with Crippen molar-refractivity contribution in [3.8, 4) is 0 Å². The van der Waals surface area contributed by atoms with Gasteiger partial charge in [-0.3, -0.25) is 9.78 Å². The van der Waals surface area contributed by atoms with E-state index in [-0.39, 0.29) is 23.5 Å². The molecular formula is C18H28N4O2. The fourth-order valence-corrected chi connectivity index (χ4v) is 2.73. The second-order valence-electron chi connectivity index (χ2n) is 7.36. The lowest BCUT2D eigenvalue weighted by molar-refractivity contribution is -0.122. The normalized spacial score (nSPS) is 15.9. The summed E-state index contributed by atoms with van der Waals surface area (Å²) >= 11 is 0. The van der Waals surface area contributed by atoms with Crippen LogP contribution in [0.1, 0.15) is 45.6 Å². The van der Waals surface area contributed by atoms with Gasteiger partial charge < -0.3 is 15.5 Å². The lowest BCUT2D eigenvalue weighted by atomic mass is 10.0. The molecule has 2 heterocycles. The Morgan fingerprint density at radius 3 is 2.42 bits per heavy atom. The first-order valence-electron chi connectivity index (χ1n) is 8.59. The number of hydrogen-bond donors (Lipinski definition) is 2. The third-order valence-corrected chi connectivity index (χ3v) is 4.02. The number of pyridine rings is 1. The van der Waals surface area contributed by atoms with E-state index in [9.17, 15) is 9.59 Å². The van der Waals surface area contributed by atoms with Gasteiger partial charge in [-0.25, -0.2) is 4.79 Å². The number of carbonyl (C=O) groups excluding carboxylic acids is 2. The van der Waals surface area contributed by atoms with Crippen LogP contribution in [0.25, 0.3) is 0 Å². The number of likely N-dealkylation sites (tertiary alicyclic amines) is 1. The molecule has 0 atom stereocenters. The van der Waals surface area contributed by atoms with Gasteiger partial charge >= 0.3 is 6.03 Å². The monoisotopic (exact) mass is 332 g/mol.